The predicted octanol–water partition coefficient (Wildman–Crippen LogP) is 1.54. The molecule has 2 heterocycles. The minimum absolute atomic E-state index is 0. The largest absolute Gasteiger partial charge is 2.00 e. The average molecular weight is 497 g/mol. The van der Waals surface area contributed by atoms with Crippen LogP contribution in [0.5, 0.6) is 0 Å². The SMILES string of the molecule is CCO.O=C1C(=O)C(Cl)=C([O-])C([O-])=C1Cl.[Cu+2].c1cnc2c(c1)ccc1cccnc12. The van der Waals surface area contributed by atoms with Gasteiger partial charge in [-0.1, -0.05) is 59.0 Å². The summed E-state index contributed by atoms with van der Waals surface area (Å²) in [6.45, 7) is 1.93. The molecule has 1 radical (unpaired) electrons. The monoisotopic (exact) mass is 495 g/mol. The van der Waals surface area contributed by atoms with Gasteiger partial charge in [0.1, 0.15) is 0 Å². The summed E-state index contributed by atoms with van der Waals surface area (Å²) in [7, 11) is 0. The van der Waals surface area contributed by atoms with Crippen molar-refractivity contribution in [3.63, 3.8) is 0 Å². The number of nitrogens with zero attached hydrogens (tertiary/aromatic N) is 2. The van der Waals surface area contributed by atoms with E-state index in [0.29, 0.717) is 0 Å². The van der Waals surface area contributed by atoms with E-state index in [4.69, 9.17) is 28.3 Å². The van der Waals surface area contributed by atoms with Crippen LogP contribution in [0.2, 0.25) is 0 Å². The molecule has 0 aliphatic heterocycles. The number of hydrogen-bond donors (Lipinski definition) is 1. The molecule has 1 aliphatic rings. The van der Waals surface area contributed by atoms with Crippen molar-refractivity contribution in [1.82, 2.24) is 9.97 Å². The first kappa shape index (κ1) is 25.6. The van der Waals surface area contributed by atoms with Crippen LogP contribution in [0.1, 0.15) is 6.92 Å². The Morgan fingerprint density at radius 3 is 1.50 bits per heavy atom. The van der Waals surface area contributed by atoms with Crippen molar-refractivity contribution in [1.29, 1.82) is 0 Å². The second kappa shape index (κ2) is 11.6. The molecule has 3 aromatic rings. The smallest absolute Gasteiger partial charge is 0.872 e. The van der Waals surface area contributed by atoms with E-state index in [2.05, 4.69) is 34.2 Å². The Morgan fingerprint density at radius 1 is 0.833 bits per heavy atom. The molecule has 1 aliphatic carbocycles. The van der Waals surface area contributed by atoms with E-state index in [0.717, 1.165) is 21.8 Å². The number of benzene rings is 1. The number of allylic oxidation sites excluding steroid dienone is 2. The molecular formula is C20H14Cl2CuN2O5. The summed E-state index contributed by atoms with van der Waals surface area (Å²) < 4.78 is 0. The summed E-state index contributed by atoms with van der Waals surface area (Å²) in [5.41, 5.74) is 1.95. The first-order valence-corrected chi connectivity index (χ1v) is 9.01. The van der Waals surface area contributed by atoms with Gasteiger partial charge in [0.25, 0.3) is 0 Å². The van der Waals surface area contributed by atoms with Crippen molar-refractivity contribution in [3.05, 3.63) is 70.4 Å². The number of rotatable bonds is 0. The van der Waals surface area contributed by atoms with Crippen molar-refractivity contribution < 1.29 is 42.0 Å². The van der Waals surface area contributed by atoms with Gasteiger partial charge < -0.3 is 15.3 Å². The van der Waals surface area contributed by atoms with Crippen molar-refractivity contribution in [2.45, 2.75) is 6.92 Å². The molecular weight excluding hydrogens is 483 g/mol. The van der Waals surface area contributed by atoms with Crippen molar-refractivity contribution in [2.24, 2.45) is 0 Å². The quantitative estimate of drug-likeness (QED) is 0.216. The van der Waals surface area contributed by atoms with Crippen LogP contribution >= 0.6 is 23.2 Å². The fourth-order valence-electron chi connectivity index (χ4n) is 2.28. The summed E-state index contributed by atoms with van der Waals surface area (Å²) in [6, 6.07) is 12.1. The number of fused-ring (bicyclic) bond motifs is 3. The molecule has 0 unspecified atom stereocenters. The van der Waals surface area contributed by atoms with E-state index >= 15 is 0 Å². The second-order valence-electron chi connectivity index (χ2n) is 5.48. The van der Waals surface area contributed by atoms with Gasteiger partial charge in [-0.25, -0.2) is 0 Å². The molecule has 4 rings (SSSR count). The summed E-state index contributed by atoms with van der Waals surface area (Å²) >= 11 is 10.2. The minimum atomic E-state index is -1.23. The molecule has 0 amide bonds. The number of hydrogen-bond acceptors (Lipinski definition) is 7. The van der Waals surface area contributed by atoms with Crippen LogP contribution in [-0.2, 0) is 26.7 Å². The minimum Gasteiger partial charge on any atom is -0.872 e. The predicted molar refractivity (Wildman–Crippen MR) is 106 cm³/mol. The van der Waals surface area contributed by atoms with Crippen LogP contribution in [0.15, 0.2) is 70.4 Å². The third-order valence-corrected chi connectivity index (χ3v) is 4.24. The normalized spacial score (nSPS) is 13.3. The maximum absolute atomic E-state index is 10.7. The first-order chi connectivity index (χ1) is 13.8. The molecule has 10 heteroatoms. The van der Waals surface area contributed by atoms with Gasteiger partial charge in [0.15, 0.2) is 0 Å². The van der Waals surface area contributed by atoms with Crippen LogP contribution in [0.25, 0.3) is 21.8 Å². The Hall–Kier alpha value is -2.48. The zero-order valence-corrected chi connectivity index (χ0v) is 17.8. The van der Waals surface area contributed by atoms with Gasteiger partial charge in [-0.2, -0.15) is 0 Å². The molecule has 159 valence electrons. The third kappa shape index (κ3) is 5.56. The van der Waals surface area contributed by atoms with E-state index in [-0.39, 0.29) is 23.7 Å². The van der Waals surface area contributed by atoms with Gasteiger partial charge in [0.05, 0.1) is 21.1 Å². The number of carbonyl (C=O) groups excluding carboxylic acids is 2. The van der Waals surface area contributed by atoms with E-state index in [9.17, 15) is 19.8 Å². The van der Waals surface area contributed by atoms with E-state index < -0.39 is 33.1 Å². The zero-order chi connectivity index (χ0) is 21.6. The molecule has 2 aromatic heterocycles. The number of carbonyl (C=O) groups is 2. The Morgan fingerprint density at radius 2 is 1.17 bits per heavy atom. The third-order valence-electron chi connectivity index (χ3n) is 3.55. The topological polar surface area (TPSA) is 126 Å². The number of aromatic nitrogens is 2. The van der Waals surface area contributed by atoms with E-state index in [1.807, 2.05) is 12.1 Å². The molecule has 1 aromatic carbocycles. The zero-order valence-electron chi connectivity index (χ0n) is 15.4. The van der Waals surface area contributed by atoms with Gasteiger partial charge in [0.2, 0.25) is 11.6 Å². The van der Waals surface area contributed by atoms with Crippen LogP contribution in [-0.4, -0.2) is 33.2 Å². The number of pyridine rings is 2. The Bertz CT molecular complexity index is 1040. The average Bonchev–Trinajstić information content (AvgIpc) is 2.76. The number of aliphatic hydroxyl groups excluding tert-OH is 1. The van der Waals surface area contributed by atoms with Gasteiger partial charge in [-0.05, 0) is 19.1 Å². The fraction of sp³-hybridized carbons (Fsp3) is 0.100. The number of Topliss-reactive ketones (excluding diaryl/α,β-unsaturated/α-hetero) is 2. The fourth-order valence-corrected chi connectivity index (χ4v) is 2.63. The van der Waals surface area contributed by atoms with Crippen LogP contribution in [0.4, 0.5) is 0 Å². The number of ketones is 2. The molecule has 0 fully saturated rings. The van der Waals surface area contributed by atoms with Crippen LogP contribution in [0.3, 0.4) is 0 Å². The summed E-state index contributed by atoms with van der Waals surface area (Å²) in [6.07, 6.45) is 3.60. The van der Waals surface area contributed by atoms with Gasteiger partial charge in [0, 0.05) is 29.8 Å². The molecule has 0 atom stereocenters. The van der Waals surface area contributed by atoms with Gasteiger partial charge in [-0.3, -0.25) is 19.6 Å². The standard InChI is InChI=1S/C12H8N2.C6H2Cl2O4.C2H6O.Cu/c1-3-9-5-6-10-4-2-8-14-12(10)11(9)13-7-1;7-1-3(9)5(11)2(8)6(12)4(1)10;1-2-3;/h1-8H;9,11H;3H,2H2,1H3;/q;;;+2/p-2. The molecule has 0 bridgehead atoms. The number of halogens is 2. The Kier molecular flexibility index (Phi) is 9.92. The van der Waals surface area contributed by atoms with Crippen molar-refractivity contribution in [3.8, 4) is 0 Å². The Labute approximate surface area is 192 Å². The van der Waals surface area contributed by atoms with Crippen LogP contribution < -0.4 is 10.2 Å². The molecule has 0 spiro atoms. The molecule has 7 nitrogen and oxygen atoms in total. The summed E-state index contributed by atoms with van der Waals surface area (Å²) in [5, 5.41) is 29.4. The molecule has 1 N–H and O–H groups in total. The second-order valence-corrected chi connectivity index (χ2v) is 6.23. The molecule has 0 saturated carbocycles. The maximum atomic E-state index is 10.7. The van der Waals surface area contributed by atoms with E-state index in [1.54, 1.807) is 19.3 Å². The number of aliphatic hydroxyl groups is 1. The van der Waals surface area contributed by atoms with Gasteiger partial charge in [-0.15, -0.1) is 0 Å². The van der Waals surface area contributed by atoms with Crippen molar-refractivity contribution in [2.75, 3.05) is 6.61 Å². The maximum Gasteiger partial charge on any atom is 2.00 e. The van der Waals surface area contributed by atoms with E-state index in [1.165, 1.54) is 0 Å². The summed E-state index contributed by atoms with van der Waals surface area (Å²) in [5.74, 6) is -4.92. The molecule has 30 heavy (non-hydrogen) atoms. The molecule has 0 saturated heterocycles. The van der Waals surface area contributed by atoms with Gasteiger partial charge >= 0.3 is 17.1 Å². The van der Waals surface area contributed by atoms with Crippen molar-refractivity contribution >= 4 is 56.6 Å². The van der Waals surface area contributed by atoms with Crippen LogP contribution in [0, 0.1) is 0 Å². The first-order valence-electron chi connectivity index (χ1n) is 8.25. The summed E-state index contributed by atoms with van der Waals surface area (Å²) in [4.78, 5) is 30.1. The Balaban J connectivity index is 0.000000261.